The average molecular weight is 276 g/mol. The van der Waals surface area contributed by atoms with Crippen LogP contribution >= 0.6 is 0 Å². The predicted molar refractivity (Wildman–Crippen MR) is 79.0 cm³/mol. The van der Waals surface area contributed by atoms with Crippen molar-refractivity contribution >= 4 is 11.6 Å². The van der Waals surface area contributed by atoms with E-state index in [4.69, 9.17) is 21.6 Å². The van der Waals surface area contributed by atoms with Gasteiger partial charge in [-0.05, 0) is 12.5 Å². The number of hydrogen-bond donors (Lipinski definition) is 2. The largest absolute Gasteiger partial charge is 0.493 e. The van der Waals surface area contributed by atoms with Crippen LogP contribution in [0.5, 0.6) is 11.5 Å². The first kappa shape index (κ1) is 15.7. The molecule has 0 aliphatic rings. The van der Waals surface area contributed by atoms with E-state index in [0.29, 0.717) is 29.2 Å². The molecule has 1 atom stereocenters. The molecule has 0 aliphatic carbocycles. The van der Waals surface area contributed by atoms with E-state index < -0.39 is 0 Å². The van der Waals surface area contributed by atoms with E-state index in [1.807, 2.05) is 6.92 Å². The highest BCUT2D eigenvalue weighted by molar-refractivity contribution is 6.00. The lowest BCUT2D eigenvalue weighted by molar-refractivity contribution is 0.0937. The summed E-state index contributed by atoms with van der Waals surface area (Å²) in [6, 6.07) is 3.06. The highest BCUT2D eigenvalue weighted by atomic mass is 16.5. The second kappa shape index (κ2) is 7.29. The van der Waals surface area contributed by atoms with Crippen LogP contribution < -0.4 is 20.5 Å². The summed E-state index contributed by atoms with van der Waals surface area (Å²) in [7, 11) is 3.01. The molecular formula is C15H20N2O3. The Morgan fingerprint density at radius 3 is 2.50 bits per heavy atom. The molecule has 1 amide bonds. The van der Waals surface area contributed by atoms with Gasteiger partial charge >= 0.3 is 0 Å². The lowest BCUT2D eigenvalue weighted by Gasteiger charge is -2.16. The smallest absolute Gasteiger partial charge is 0.253 e. The van der Waals surface area contributed by atoms with Crippen molar-refractivity contribution in [3.63, 3.8) is 0 Å². The number of hydrogen-bond acceptors (Lipinski definition) is 4. The number of rotatable bonds is 6. The molecule has 5 nitrogen and oxygen atoms in total. The van der Waals surface area contributed by atoms with Crippen molar-refractivity contribution in [3.8, 4) is 23.8 Å². The van der Waals surface area contributed by atoms with Crippen molar-refractivity contribution in [1.82, 2.24) is 5.32 Å². The van der Waals surface area contributed by atoms with Crippen molar-refractivity contribution in [2.45, 2.75) is 25.8 Å². The lowest BCUT2D eigenvalue weighted by atomic mass is 10.1. The van der Waals surface area contributed by atoms with Crippen molar-refractivity contribution < 1.29 is 14.3 Å². The normalized spacial score (nSPS) is 11.3. The Kier molecular flexibility index (Phi) is 5.73. The van der Waals surface area contributed by atoms with Crippen LogP contribution in [0.2, 0.25) is 0 Å². The summed E-state index contributed by atoms with van der Waals surface area (Å²) in [6.45, 7) is 1.96. The van der Waals surface area contributed by atoms with Gasteiger partial charge in [-0.15, -0.1) is 12.3 Å². The van der Waals surface area contributed by atoms with E-state index in [1.54, 1.807) is 12.1 Å². The van der Waals surface area contributed by atoms with Crippen LogP contribution in [0.4, 0.5) is 5.69 Å². The Bertz CT molecular complexity index is 521. The van der Waals surface area contributed by atoms with Crippen molar-refractivity contribution in [3.05, 3.63) is 17.7 Å². The van der Waals surface area contributed by atoms with Gasteiger partial charge in [0.1, 0.15) is 0 Å². The summed E-state index contributed by atoms with van der Waals surface area (Å²) in [6.07, 6.45) is 6.50. The molecule has 1 rings (SSSR count). The number of nitrogen functional groups attached to an aromatic ring is 1. The first-order valence-electron chi connectivity index (χ1n) is 6.33. The van der Waals surface area contributed by atoms with Gasteiger partial charge in [-0.1, -0.05) is 6.92 Å². The number of benzene rings is 1. The Morgan fingerprint density at radius 2 is 2.00 bits per heavy atom. The Labute approximate surface area is 119 Å². The maximum absolute atomic E-state index is 12.2. The average Bonchev–Trinajstić information content (AvgIpc) is 2.46. The van der Waals surface area contributed by atoms with Crippen LogP contribution in [-0.2, 0) is 0 Å². The van der Waals surface area contributed by atoms with Crippen LogP contribution in [0.1, 0.15) is 30.1 Å². The fraction of sp³-hybridized carbons (Fsp3) is 0.400. The molecule has 0 heterocycles. The zero-order chi connectivity index (χ0) is 15.1. The second-order valence-corrected chi connectivity index (χ2v) is 4.28. The number of carbonyl (C=O) groups excluding carboxylic acids is 1. The third-order valence-corrected chi connectivity index (χ3v) is 2.99. The quantitative estimate of drug-likeness (QED) is 0.614. The number of nitrogens with two attached hydrogens (primary N) is 1. The van der Waals surface area contributed by atoms with Gasteiger partial charge in [0.2, 0.25) is 0 Å². The molecule has 0 bridgehead atoms. The fourth-order valence-corrected chi connectivity index (χ4v) is 1.79. The molecular weight excluding hydrogens is 256 g/mol. The maximum Gasteiger partial charge on any atom is 0.253 e. The summed E-state index contributed by atoms with van der Waals surface area (Å²) >= 11 is 0. The fourth-order valence-electron chi connectivity index (χ4n) is 1.79. The van der Waals surface area contributed by atoms with Gasteiger partial charge in [0.15, 0.2) is 11.5 Å². The van der Waals surface area contributed by atoms with Crippen LogP contribution in [0.25, 0.3) is 0 Å². The van der Waals surface area contributed by atoms with Gasteiger partial charge in [0, 0.05) is 24.2 Å². The molecule has 1 aromatic carbocycles. The summed E-state index contributed by atoms with van der Waals surface area (Å²) < 4.78 is 10.3. The standard InChI is InChI=1S/C15H20N2O3/c1-5-7-10(6-2)17-15(18)11-8-13(19-3)14(20-4)9-12(11)16/h1,8-10H,6-7,16H2,2-4H3,(H,17,18). The number of nitrogens with one attached hydrogen (secondary N) is 1. The second-order valence-electron chi connectivity index (χ2n) is 4.28. The van der Waals surface area contributed by atoms with E-state index in [9.17, 15) is 4.79 Å². The number of methoxy groups -OCH3 is 2. The summed E-state index contributed by atoms with van der Waals surface area (Å²) in [5.41, 5.74) is 6.55. The Morgan fingerprint density at radius 1 is 1.40 bits per heavy atom. The van der Waals surface area contributed by atoms with Crippen LogP contribution in [0.3, 0.4) is 0 Å². The zero-order valence-electron chi connectivity index (χ0n) is 12.0. The predicted octanol–water partition coefficient (Wildman–Crippen LogP) is 1.82. The van der Waals surface area contributed by atoms with E-state index in [1.165, 1.54) is 14.2 Å². The van der Waals surface area contributed by atoms with E-state index >= 15 is 0 Å². The topological polar surface area (TPSA) is 73.6 Å². The first-order chi connectivity index (χ1) is 9.57. The first-order valence-corrected chi connectivity index (χ1v) is 6.33. The minimum Gasteiger partial charge on any atom is -0.493 e. The molecule has 0 fully saturated rings. The summed E-state index contributed by atoms with van der Waals surface area (Å²) in [5, 5.41) is 2.86. The zero-order valence-corrected chi connectivity index (χ0v) is 12.0. The van der Waals surface area contributed by atoms with Crippen molar-refractivity contribution in [2.75, 3.05) is 20.0 Å². The van der Waals surface area contributed by atoms with Crippen molar-refractivity contribution in [1.29, 1.82) is 0 Å². The van der Waals surface area contributed by atoms with Gasteiger partial charge < -0.3 is 20.5 Å². The van der Waals surface area contributed by atoms with Crippen LogP contribution in [0, 0.1) is 12.3 Å². The third-order valence-electron chi connectivity index (χ3n) is 2.99. The lowest BCUT2D eigenvalue weighted by Crippen LogP contribution is -2.34. The summed E-state index contributed by atoms with van der Waals surface area (Å²) in [4.78, 5) is 12.2. The van der Waals surface area contributed by atoms with Crippen molar-refractivity contribution in [2.24, 2.45) is 0 Å². The van der Waals surface area contributed by atoms with Gasteiger partial charge in [-0.3, -0.25) is 4.79 Å². The molecule has 1 unspecified atom stereocenters. The number of terminal acetylenes is 1. The summed E-state index contributed by atoms with van der Waals surface area (Å²) in [5.74, 6) is 3.21. The molecule has 20 heavy (non-hydrogen) atoms. The van der Waals surface area contributed by atoms with Crippen LogP contribution in [-0.4, -0.2) is 26.2 Å². The molecule has 5 heteroatoms. The molecule has 0 spiro atoms. The minimum absolute atomic E-state index is 0.0694. The molecule has 108 valence electrons. The van der Waals surface area contributed by atoms with Gasteiger partial charge in [-0.2, -0.15) is 0 Å². The molecule has 0 saturated heterocycles. The van der Waals surface area contributed by atoms with Gasteiger partial charge in [0.05, 0.1) is 19.8 Å². The SMILES string of the molecule is C#CCC(CC)NC(=O)c1cc(OC)c(OC)cc1N. The van der Waals surface area contributed by atoms with E-state index in [0.717, 1.165) is 6.42 Å². The van der Waals surface area contributed by atoms with Gasteiger partial charge in [0.25, 0.3) is 5.91 Å². The molecule has 0 aromatic heterocycles. The molecule has 0 radical (unpaired) electrons. The third kappa shape index (κ3) is 3.58. The number of anilines is 1. The van der Waals surface area contributed by atoms with Crippen LogP contribution in [0.15, 0.2) is 12.1 Å². The number of ether oxygens (including phenoxy) is 2. The van der Waals surface area contributed by atoms with Gasteiger partial charge in [-0.25, -0.2) is 0 Å². The molecule has 1 aromatic rings. The molecule has 3 N–H and O–H groups in total. The highest BCUT2D eigenvalue weighted by Gasteiger charge is 2.17. The Balaban J connectivity index is 3.01. The Hall–Kier alpha value is -2.35. The van der Waals surface area contributed by atoms with E-state index in [-0.39, 0.29) is 11.9 Å². The minimum atomic E-state index is -0.273. The molecule has 0 saturated carbocycles. The highest BCUT2D eigenvalue weighted by Crippen LogP contribution is 2.31. The maximum atomic E-state index is 12.2. The molecule has 0 aliphatic heterocycles. The van der Waals surface area contributed by atoms with E-state index in [2.05, 4.69) is 11.2 Å². The number of carbonyl (C=O) groups is 1. The number of amides is 1. The monoisotopic (exact) mass is 276 g/mol.